The number of carbonyl (C=O) groups excluding carboxylic acids is 1. The first-order valence-electron chi connectivity index (χ1n) is 11.5. The maximum absolute atomic E-state index is 12.8. The van der Waals surface area contributed by atoms with Crippen molar-refractivity contribution in [2.45, 2.75) is 45.1 Å². The van der Waals surface area contributed by atoms with Gasteiger partial charge in [-0.2, -0.15) is 0 Å². The summed E-state index contributed by atoms with van der Waals surface area (Å²) < 4.78 is 11.4. The van der Waals surface area contributed by atoms with E-state index in [1.54, 1.807) is 6.20 Å². The summed E-state index contributed by atoms with van der Waals surface area (Å²) in [6.07, 6.45) is 7.98. The summed E-state index contributed by atoms with van der Waals surface area (Å²) in [5.41, 5.74) is 3.87. The van der Waals surface area contributed by atoms with E-state index in [9.17, 15) is 4.79 Å². The van der Waals surface area contributed by atoms with E-state index in [2.05, 4.69) is 22.9 Å². The molecule has 2 aliphatic heterocycles. The highest BCUT2D eigenvalue weighted by Gasteiger charge is 2.26. The first-order valence-corrected chi connectivity index (χ1v) is 11.5. The van der Waals surface area contributed by atoms with E-state index >= 15 is 0 Å². The normalized spacial score (nSPS) is 18.7. The largest absolute Gasteiger partial charge is 0.494 e. The number of amides is 1. The SMILES string of the molecule is C[C@@H]1CCCN1CCCOc1ccc2c(c1)CCC(=O)N2c1ccc(-c2cnco2)cc1. The van der Waals surface area contributed by atoms with Crippen molar-refractivity contribution in [1.29, 1.82) is 0 Å². The lowest BCUT2D eigenvalue weighted by Gasteiger charge is -2.30. The number of anilines is 2. The number of likely N-dealkylation sites (tertiary alicyclic amines) is 1. The molecule has 166 valence electrons. The van der Waals surface area contributed by atoms with Crippen LogP contribution in [0.15, 0.2) is 59.5 Å². The van der Waals surface area contributed by atoms with Crippen molar-refractivity contribution < 1.29 is 13.9 Å². The van der Waals surface area contributed by atoms with Crippen LogP contribution in [0, 0.1) is 0 Å². The van der Waals surface area contributed by atoms with Crippen LogP contribution >= 0.6 is 0 Å². The number of hydrogen-bond acceptors (Lipinski definition) is 5. The van der Waals surface area contributed by atoms with Crippen LogP contribution in [0.1, 0.15) is 38.2 Å². The van der Waals surface area contributed by atoms with Gasteiger partial charge >= 0.3 is 0 Å². The summed E-state index contributed by atoms with van der Waals surface area (Å²) in [6.45, 7) is 5.33. The lowest BCUT2D eigenvalue weighted by Crippen LogP contribution is -2.30. The highest BCUT2D eigenvalue weighted by Crippen LogP contribution is 2.37. The van der Waals surface area contributed by atoms with Crippen molar-refractivity contribution in [2.24, 2.45) is 0 Å². The van der Waals surface area contributed by atoms with Crippen molar-refractivity contribution >= 4 is 17.3 Å². The van der Waals surface area contributed by atoms with Crippen LogP contribution in [-0.2, 0) is 11.2 Å². The Morgan fingerprint density at radius 2 is 2.03 bits per heavy atom. The van der Waals surface area contributed by atoms with E-state index in [0.717, 1.165) is 47.6 Å². The predicted octanol–water partition coefficient (Wildman–Crippen LogP) is 5.21. The summed E-state index contributed by atoms with van der Waals surface area (Å²) in [5.74, 6) is 1.70. The van der Waals surface area contributed by atoms with Gasteiger partial charge in [-0.3, -0.25) is 9.69 Å². The van der Waals surface area contributed by atoms with Gasteiger partial charge in [-0.25, -0.2) is 4.98 Å². The molecule has 1 saturated heterocycles. The van der Waals surface area contributed by atoms with Gasteiger partial charge in [-0.1, -0.05) is 0 Å². The highest BCUT2D eigenvalue weighted by atomic mass is 16.5. The zero-order valence-corrected chi connectivity index (χ0v) is 18.5. The fourth-order valence-electron chi connectivity index (χ4n) is 4.76. The fraction of sp³-hybridized carbons (Fsp3) is 0.385. The Morgan fingerprint density at radius 3 is 2.78 bits per heavy atom. The Kier molecular flexibility index (Phi) is 5.95. The molecule has 0 radical (unpaired) electrons. The zero-order chi connectivity index (χ0) is 21.9. The molecule has 0 bridgehead atoms. The zero-order valence-electron chi connectivity index (χ0n) is 18.5. The number of nitrogens with zero attached hydrogens (tertiary/aromatic N) is 3. The second-order valence-corrected chi connectivity index (χ2v) is 8.66. The molecule has 6 heteroatoms. The number of hydrogen-bond donors (Lipinski definition) is 0. The summed E-state index contributed by atoms with van der Waals surface area (Å²) >= 11 is 0. The van der Waals surface area contributed by atoms with Crippen LogP contribution in [0.25, 0.3) is 11.3 Å². The number of benzene rings is 2. The van der Waals surface area contributed by atoms with Crippen molar-refractivity contribution in [1.82, 2.24) is 9.88 Å². The number of rotatable bonds is 7. The van der Waals surface area contributed by atoms with Gasteiger partial charge in [0, 0.05) is 30.3 Å². The number of aryl methyl sites for hydroxylation is 1. The maximum atomic E-state index is 12.8. The third-order valence-corrected chi connectivity index (χ3v) is 6.54. The third-order valence-electron chi connectivity index (χ3n) is 6.54. The molecule has 0 aliphatic carbocycles. The topological polar surface area (TPSA) is 58.8 Å². The van der Waals surface area contributed by atoms with Gasteiger partial charge in [0.1, 0.15) is 5.75 Å². The summed E-state index contributed by atoms with van der Waals surface area (Å²) in [5, 5.41) is 0. The van der Waals surface area contributed by atoms with Crippen LogP contribution in [-0.4, -0.2) is 41.5 Å². The number of fused-ring (bicyclic) bond motifs is 1. The average Bonchev–Trinajstić information content (AvgIpc) is 3.49. The van der Waals surface area contributed by atoms with E-state index in [0.29, 0.717) is 24.8 Å². The molecular formula is C26H29N3O3. The number of ether oxygens (including phenoxy) is 1. The molecule has 3 aromatic rings. The molecule has 1 fully saturated rings. The number of oxazole rings is 1. The Bertz CT molecular complexity index is 1060. The van der Waals surface area contributed by atoms with Gasteiger partial charge in [-0.05, 0) is 87.2 Å². The Morgan fingerprint density at radius 1 is 1.16 bits per heavy atom. The van der Waals surface area contributed by atoms with Crippen molar-refractivity contribution in [3.63, 3.8) is 0 Å². The van der Waals surface area contributed by atoms with Gasteiger partial charge in [0.15, 0.2) is 12.2 Å². The lowest BCUT2D eigenvalue weighted by atomic mass is 9.99. The molecule has 1 amide bonds. The molecule has 32 heavy (non-hydrogen) atoms. The van der Waals surface area contributed by atoms with Gasteiger partial charge in [0.05, 0.1) is 18.5 Å². The monoisotopic (exact) mass is 431 g/mol. The Balaban J connectivity index is 1.26. The second kappa shape index (κ2) is 9.17. The molecule has 1 atom stereocenters. The Hall–Kier alpha value is -3.12. The van der Waals surface area contributed by atoms with E-state index in [4.69, 9.17) is 9.15 Å². The van der Waals surface area contributed by atoms with Crippen molar-refractivity contribution in [3.8, 4) is 17.1 Å². The lowest BCUT2D eigenvalue weighted by molar-refractivity contribution is -0.118. The van der Waals surface area contributed by atoms with E-state index in [1.807, 2.05) is 41.3 Å². The van der Waals surface area contributed by atoms with Gasteiger partial charge < -0.3 is 14.1 Å². The first-order chi connectivity index (χ1) is 15.7. The van der Waals surface area contributed by atoms with Crippen LogP contribution < -0.4 is 9.64 Å². The van der Waals surface area contributed by atoms with E-state index in [-0.39, 0.29) is 5.91 Å². The third kappa shape index (κ3) is 4.28. The summed E-state index contributed by atoms with van der Waals surface area (Å²) in [4.78, 5) is 21.1. The first kappa shape index (κ1) is 20.8. The fourth-order valence-corrected chi connectivity index (χ4v) is 4.76. The number of carbonyl (C=O) groups is 1. The van der Waals surface area contributed by atoms with E-state index in [1.165, 1.54) is 25.8 Å². The van der Waals surface area contributed by atoms with Gasteiger partial charge in [-0.15, -0.1) is 0 Å². The van der Waals surface area contributed by atoms with Crippen LogP contribution in [0.3, 0.4) is 0 Å². The maximum Gasteiger partial charge on any atom is 0.231 e. The molecule has 3 heterocycles. The molecule has 6 nitrogen and oxygen atoms in total. The molecule has 2 aromatic carbocycles. The standard InChI is InChI=1S/C26H29N3O3/c1-19-4-2-13-28(19)14-3-15-31-23-10-11-24-21(16-23)7-12-26(30)29(24)22-8-5-20(6-9-22)25-17-27-18-32-25/h5-6,8-11,16-19H,2-4,7,12-15H2,1H3/t19-/m1/s1. The van der Waals surface area contributed by atoms with Gasteiger partial charge in [0.25, 0.3) is 0 Å². The highest BCUT2D eigenvalue weighted by molar-refractivity contribution is 6.03. The number of aromatic nitrogens is 1. The molecule has 0 N–H and O–H groups in total. The van der Waals surface area contributed by atoms with Gasteiger partial charge in [0.2, 0.25) is 5.91 Å². The molecule has 0 saturated carbocycles. The molecule has 5 rings (SSSR count). The van der Waals surface area contributed by atoms with Crippen LogP contribution in [0.5, 0.6) is 5.75 Å². The summed E-state index contributed by atoms with van der Waals surface area (Å²) in [7, 11) is 0. The minimum atomic E-state index is 0.110. The molecule has 0 unspecified atom stereocenters. The summed E-state index contributed by atoms with van der Waals surface area (Å²) in [6, 6.07) is 14.6. The average molecular weight is 432 g/mol. The van der Waals surface area contributed by atoms with Crippen LogP contribution in [0.4, 0.5) is 11.4 Å². The van der Waals surface area contributed by atoms with E-state index < -0.39 is 0 Å². The predicted molar refractivity (Wildman–Crippen MR) is 124 cm³/mol. The smallest absolute Gasteiger partial charge is 0.231 e. The molecule has 1 aromatic heterocycles. The van der Waals surface area contributed by atoms with Crippen molar-refractivity contribution in [3.05, 3.63) is 60.6 Å². The van der Waals surface area contributed by atoms with Crippen molar-refractivity contribution in [2.75, 3.05) is 24.6 Å². The van der Waals surface area contributed by atoms with Crippen LogP contribution in [0.2, 0.25) is 0 Å². The molecule has 0 spiro atoms. The Labute approximate surface area is 188 Å². The quantitative estimate of drug-likeness (QED) is 0.481. The minimum Gasteiger partial charge on any atom is -0.494 e. The molecule has 2 aliphatic rings. The molecular weight excluding hydrogens is 402 g/mol. The minimum absolute atomic E-state index is 0.110. The second-order valence-electron chi connectivity index (χ2n) is 8.66.